The number of amides is 2. The van der Waals surface area contributed by atoms with Crippen LogP contribution >= 0.6 is 0 Å². The Morgan fingerprint density at radius 3 is 2.15 bits per heavy atom. The third kappa shape index (κ3) is 4.32. The molecule has 0 aliphatic rings. The Morgan fingerprint density at radius 2 is 1.62 bits per heavy atom. The number of nitrogens with two attached hydrogens (primary N) is 1. The zero-order valence-corrected chi connectivity index (χ0v) is 14.7. The Kier molecular flexibility index (Phi) is 6.21. The summed E-state index contributed by atoms with van der Waals surface area (Å²) in [4.78, 5) is 23.6. The van der Waals surface area contributed by atoms with Crippen LogP contribution in [-0.4, -0.2) is 33.1 Å². The van der Waals surface area contributed by atoms with Crippen LogP contribution in [0.2, 0.25) is 0 Å². The monoisotopic (exact) mass is 356 g/mol. The van der Waals surface area contributed by atoms with E-state index in [1.165, 1.54) is 27.4 Å². The highest BCUT2D eigenvalue weighted by molar-refractivity contribution is 6.07. The van der Waals surface area contributed by atoms with Gasteiger partial charge in [-0.15, -0.1) is 0 Å². The molecule has 2 aromatic carbocycles. The Bertz CT molecular complexity index is 821. The molecular formula is C19H20N2O5. The van der Waals surface area contributed by atoms with E-state index in [2.05, 4.69) is 5.32 Å². The second-order valence-corrected chi connectivity index (χ2v) is 5.19. The summed E-state index contributed by atoms with van der Waals surface area (Å²) in [5.74, 6) is 0.394. The molecule has 0 spiro atoms. The van der Waals surface area contributed by atoms with Gasteiger partial charge in [0.05, 0.1) is 32.6 Å². The number of para-hydroxylation sites is 1. The average molecular weight is 356 g/mol. The summed E-state index contributed by atoms with van der Waals surface area (Å²) in [5.41, 5.74) is 6.56. The van der Waals surface area contributed by atoms with Gasteiger partial charge in [-0.2, -0.15) is 0 Å². The van der Waals surface area contributed by atoms with Crippen molar-refractivity contribution in [2.24, 2.45) is 5.73 Å². The van der Waals surface area contributed by atoms with Crippen LogP contribution in [0, 0.1) is 0 Å². The lowest BCUT2D eigenvalue weighted by atomic mass is 10.1. The van der Waals surface area contributed by atoms with Crippen molar-refractivity contribution in [3.63, 3.8) is 0 Å². The van der Waals surface area contributed by atoms with Gasteiger partial charge in [-0.3, -0.25) is 9.59 Å². The van der Waals surface area contributed by atoms with Crippen LogP contribution in [0.15, 0.2) is 42.5 Å². The summed E-state index contributed by atoms with van der Waals surface area (Å²) in [7, 11) is 4.54. The van der Waals surface area contributed by atoms with Crippen molar-refractivity contribution >= 4 is 23.6 Å². The van der Waals surface area contributed by atoms with Crippen LogP contribution in [0.3, 0.4) is 0 Å². The van der Waals surface area contributed by atoms with Crippen molar-refractivity contribution in [2.75, 3.05) is 26.6 Å². The van der Waals surface area contributed by atoms with E-state index in [0.717, 1.165) is 0 Å². The van der Waals surface area contributed by atoms with E-state index in [1.54, 1.807) is 42.5 Å². The summed E-state index contributed by atoms with van der Waals surface area (Å²) < 4.78 is 15.8. The maximum absolute atomic E-state index is 12.2. The molecule has 7 nitrogen and oxygen atoms in total. The highest BCUT2D eigenvalue weighted by Crippen LogP contribution is 2.38. The minimum absolute atomic E-state index is 0.238. The Balaban J connectivity index is 2.22. The number of carbonyl (C=O) groups excluding carboxylic acids is 2. The third-order valence-electron chi connectivity index (χ3n) is 3.56. The number of hydrogen-bond acceptors (Lipinski definition) is 5. The normalized spacial score (nSPS) is 10.4. The lowest BCUT2D eigenvalue weighted by molar-refractivity contribution is -0.111. The van der Waals surface area contributed by atoms with Crippen LogP contribution in [0.4, 0.5) is 5.69 Å². The molecule has 0 bridgehead atoms. The topological polar surface area (TPSA) is 99.9 Å². The van der Waals surface area contributed by atoms with E-state index >= 15 is 0 Å². The van der Waals surface area contributed by atoms with Crippen molar-refractivity contribution < 1.29 is 23.8 Å². The highest BCUT2D eigenvalue weighted by atomic mass is 16.5. The molecule has 26 heavy (non-hydrogen) atoms. The molecule has 0 aliphatic heterocycles. The number of benzene rings is 2. The maximum atomic E-state index is 12.2. The second kappa shape index (κ2) is 8.57. The van der Waals surface area contributed by atoms with E-state index in [1.807, 2.05) is 0 Å². The van der Waals surface area contributed by atoms with Gasteiger partial charge >= 0.3 is 0 Å². The van der Waals surface area contributed by atoms with Crippen LogP contribution in [0.25, 0.3) is 6.08 Å². The first-order valence-corrected chi connectivity index (χ1v) is 7.68. The zero-order valence-electron chi connectivity index (χ0n) is 14.7. The molecule has 0 atom stereocenters. The number of nitrogens with one attached hydrogen (secondary N) is 1. The molecule has 2 aromatic rings. The minimum atomic E-state index is -0.616. The predicted molar refractivity (Wildman–Crippen MR) is 98.7 cm³/mol. The van der Waals surface area contributed by atoms with Gasteiger partial charge in [0.15, 0.2) is 11.5 Å². The number of anilines is 1. The van der Waals surface area contributed by atoms with Gasteiger partial charge in [-0.1, -0.05) is 12.1 Å². The quantitative estimate of drug-likeness (QED) is 0.742. The standard InChI is InChI=1S/C19H20N2O5/c1-24-15-10-12(11-16(25-2)18(15)26-3)8-9-17(22)21-14-7-5-4-6-13(14)19(20)23/h4-11H,1-3H3,(H2,20,23)(H,21,22)/b9-8+. The molecule has 2 amide bonds. The molecule has 0 fully saturated rings. The van der Waals surface area contributed by atoms with Crippen LogP contribution in [0.1, 0.15) is 15.9 Å². The van der Waals surface area contributed by atoms with Gasteiger partial charge in [-0.05, 0) is 35.9 Å². The van der Waals surface area contributed by atoms with Crippen molar-refractivity contribution in [1.29, 1.82) is 0 Å². The average Bonchev–Trinajstić information content (AvgIpc) is 2.65. The molecular weight excluding hydrogens is 336 g/mol. The number of ether oxygens (including phenoxy) is 3. The van der Waals surface area contributed by atoms with Gasteiger partial charge in [0.25, 0.3) is 5.91 Å². The maximum Gasteiger partial charge on any atom is 0.250 e. The molecule has 0 aliphatic carbocycles. The van der Waals surface area contributed by atoms with Crippen LogP contribution in [0.5, 0.6) is 17.2 Å². The lowest BCUT2D eigenvalue weighted by Crippen LogP contribution is -2.16. The van der Waals surface area contributed by atoms with Crippen LogP contribution in [-0.2, 0) is 4.79 Å². The molecule has 136 valence electrons. The van der Waals surface area contributed by atoms with E-state index in [4.69, 9.17) is 19.9 Å². The largest absolute Gasteiger partial charge is 0.493 e. The van der Waals surface area contributed by atoms with E-state index < -0.39 is 11.8 Å². The molecule has 0 radical (unpaired) electrons. The first-order valence-electron chi connectivity index (χ1n) is 7.68. The number of hydrogen-bond donors (Lipinski definition) is 2. The first kappa shape index (κ1) is 18.9. The number of primary amides is 1. The van der Waals surface area contributed by atoms with Gasteiger partial charge in [0.2, 0.25) is 11.7 Å². The van der Waals surface area contributed by atoms with Gasteiger partial charge in [-0.25, -0.2) is 0 Å². The fourth-order valence-corrected chi connectivity index (χ4v) is 2.35. The predicted octanol–water partition coefficient (Wildman–Crippen LogP) is 2.46. The summed E-state index contributed by atoms with van der Waals surface area (Å²) in [6.45, 7) is 0. The molecule has 0 aromatic heterocycles. The summed E-state index contributed by atoms with van der Waals surface area (Å²) in [5, 5.41) is 2.63. The lowest BCUT2D eigenvalue weighted by Gasteiger charge is -2.12. The molecule has 0 unspecified atom stereocenters. The van der Waals surface area contributed by atoms with Crippen LogP contribution < -0.4 is 25.3 Å². The fraction of sp³-hybridized carbons (Fsp3) is 0.158. The van der Waals surface area contributed by atoms with E-state index in [-0.39, 0.29) is 5.56 Å². The van der Waals surface area contributed by atoms with Crippen molar-refractivity contribution in [3.05, 3.63) is 53.6 Å². The molecule has 2 rings (SSSR count). The van der Waals surface area contributed by atoms with Gasteiger partial charge in [0, 0.05) is 6.08 Å². The highest BCUT2D eigenvalue weighted by Gasteiger charge is 2.12. The van der Waals surface area contributed by atoms with E-state index in [9.17, 15) is 9.59 Å². The SMILES string of the molecule is COc1cc(/C=C/C(=O)Nc2ccccc2C(N)=O)cc(OC)c1OC. The third-order valence-corrected chi connectivity index (χ3v) is 3.56. The van der Waals surface area contributed by atoms with Crippen molar-refractivity contribution in [3.8, 4) is 17.2 Å². The second-order valence-electron chi connectivity index (χ2n) is 5.19. The molecule has 0 saturated carbocycles. The summed E-state index contributed by atoms with van der Waals surface area (Å²) in [6, 6.07) is 9.93. The molecule has 0 saturated heterocycles. The minimum Gasteiger partial charge on any atom is -0.493 e. The fourth-order valence-electron chi connectivity index (χ4n) is 2.35. The Labute approximate surface area is 151 Å². The Hall–Kier alpha value is -3.48. The molecule has 0 heterocycles. The van der Waals surface area contributed by atoms with Crippen molar-refractivity contribution in [1.82, 2.24) is 0 Å². The first-order chi connectivity index (χ1) is 12.5. The number of carbonyl (C=O) groups is 2. The van der Waals surface area contributed by atoms with E-state index in [0.29, 0.717) is 28.5 Å². The zero-order chi connectivity index (χ0) is 19.1. The van der Waals surface area contributed by atoms with Crippen molar-refractivity contribution in [2.45, 2.75) is 0 Å². The van der Waals surface area contributed by atoms with Gasteiger partial charge < -0.3 is 25.3 Å². The van der Waals surface area contributed by atoms with Gasteiger partial charge in [0.1, 0.15) is 0 Å². The summed E-state index contributed by atoms with van der Waals surface area (Å²) in [6.07, 6.45) is 2.92. The number of methoxy groups -OCH3 is 3. The smallest absolute Gasteiger partial charge is 0.250 e. The molecule has 7 heteroatoms. The summed E-state index contributed by atoms with van der Waals surface area (Å²) >= 11 is 0. The Morgan fingerprint density at radius 1 is 1.00 bits per heavy atom. The molecule has 3 N–H and O–H groups in total. The number of rotatable bonds is 7.